The van der Waals surface area contributed by atoms with Crippen LogP contribution in [0.5, 0.6) is 11.5 Å². The highest BCUT2D eigenvalue weighted by molar-refractivity contribution is 5.85. The summed E-state index contributed by atoms with van der Waals surface area (Å²) in [6.45, 7) is 2.02. The Morgan fingerprint density at radius 1 is 1.17 bits per heavy atom. The second-order valence-corrected chi connectivity index (χ2v) is 4.03. The predicted octanol–water partition coefficient (Wildman–Crippen LogP) is 2.29. The zero-order valence-corrected chi connectivity index (χ0v) is 11.9. The summed E-state index contributed by atoms with van der Waals surface area (Å²) in [7, 11) is 3.18. The molecule has 0 radical (unpaired) electrons. The van der Waals surface area contributed by atoms with Crippen LogP contribution >= 0.6 is 12.4 Å². The van der Waals surface area contributed by atoms with Crippen molar-refractivity contribution in [2.24, 2.45) is 5.73 Å². The van der Waals surface area contributed by atoms with Crippen LogP contribution in [-0.4, -0.2) is 25.4 Å². The Balaban J connectivity index is 0.00000289. The molecule has 0 aliphatic carbocycles. The molecular weight excluding hydrogens is 254 g/mol. The fraction of sp³-hybridized carbons (Fsp3) is 0.538. The van der Waals surface area contributed by atoms with E-state index in [1.807, 2.05) is 19.1 Å². The number of benzene rings is 1. The third kappa shape index (κ3) is 4.37. The highest BCUT2D eigenvalue weighted by atomic mass is 35.5. The topological polar surface area (TPSA) is 64.7 Å². The molecule has 1 rings (SSSR count). The molecule has 5 heteroatoms. The minimum Gasteiger partial charge on any atom is -0.497 e. The van der Waals surface area contributed by atoms with Crippen LogP contribution in [0.25, 0.3) is 0 Å². The quantitative estimate of drug-likeness (QED) is 0.836. The predicted molar refractivity (Wildman–Crippen MR) is 74.6 cm³/mol. The maximum Gasteiger partial charge on any atom is 0.122 e. The monoisotopic (exact) mass is 275 g/mol. The molecular formula is C13H22ClNO3. The van der Waals surface area contributed by atoms with Gasteiger partial charge < -0.3 is 20.3 Å². The normalized spacial score (nSPS) is 13.4. The highest BCUT2D eigenvalue weighted by Gasteiger charge is 2.17. The number of aliphatic hydroxyl groups excluding tert-OH is 1. The van der Waals surface area contributed by atoms with Gasteiger partial charge in [0.05, 0.1) is 26.4 Å². The third-order valence-corrected chi connectivity index (χ3v) is 2.76. The van der Waals surface area contributed by atoms with Gasteiger partial charge in [-0.05, 0) is 24.1 Å². The summed E-state index contributed by atoms with van der Waals surface area (Å²) in [5, 5.41) is 9.89. The van der Waals surface area contributed by atoms with Gasteiger partial charge in [-0.1, -0.05) is 13.3 Å². The first kappa shape index (κ1) is 17.0. The number of halogens is 1. The minimum atomic E-state index is -0.545. The van der Waals surface area contributed by atoms with E-state index in [-0.39, 0.29) is 12.4 Å². The van der Waals surface area contributed by atoms with Gasteiger partial charge in [-0.2, -0.15) is 0 Å². The first-order valence-corrected chi connectivity index (χ1v) is 5.79. The van der Waals surface area contributed by atoms with Gasteiger partial charge in [0.25, 0.3) is 0 Å². The number of ether oxygens (including phenoxy) is 2. The molecule has 0 unspecified atom stereocenters. The number of hydrogen-bond acceptors (Lipinski definition) is 4. The summed E-state index contributed by atoms with van der Waals surface area (Å²) in [6.07, 6.45) is 1.04. The van der Waals surface area contributed by atoms with Crippen molar-refractivity contribution in [3.63, 3.8) is 0 Å². The van der Waals surface area contributed by atoms with Crippen LogP contribution in [-0.2, 0) is 0 Å². The molecule has 0 aromatic heterocycles. The molecule has 0 aliphatic heterocycles. The maximum absolute atomic E-state index is 9.89. The Morgan fingerprint density at radius 3 is 2.06 bits per heavy atom. The van der Waals surface area contributed by atoms with Crippen LogP contribution < -0.4 is 15.2 Å². The van der Waals surface area contributed by atoms with Gasteiger partial charge in [0.15, 0.2) is 0 Å². The summed E-state index contributed by atoms with van der Waals surface area (Å²) in [6, 6.07) is 5.01. The van der Waals surface area contributed by atoms with E-state index < -0.39 is 12.1 Å². The standard InChI is InChI=1S/C13H21NO3.ClH/c1-4-5-12(15)13(14)9-6-10(16-2)8-11(7-9)17-3;/h6-8,12-13,15H,4-5,14H2,1-3H3;1H/t12-,13+;/m0./s1. The van der Waals surface area contributed by atoms with Gasteiger partial charge in [0.1, 0.15) is 11.5 Å². The van der Waals surface area contributed by atoms with Crippen molar-refractivity contribution >= 4 is 12.4 Å². The SMILES string of the molecule is CCC[C@H](O)[C@H](N)c1cc(OC)cc(OC)c1.Cl. The molecule has 0 heterocycles. The van der Waals surface area contributed by atoms with Crippen molar-refractivity contribution < 1.29 is 14.6 Å². The molecule has 104 valence electrons. The van der Waals surface area contributed by atoms with Crippen molar-refractivity contribution in [1.82, 2.24) is 0 Å². The Kier molecular flexibility index (Phi) is 7.75. The highest BCUT2D eigenvalue weighted by Crippen LogP contribution is 2.27. The number of hydrogen-bond donors (Lipinski definition) is 2. The number of aliphatic hydroxyl groups is 1. The summed E-state index contributed by atoms with van der Waals surface area (Å²) < 4.78 is 10.3. The van der Waals surface area contributed by atoms with E-state index in [1.54, 1.807) is 20.3 Å². The van der Waals surface area contributed by atoms with Gasteiger partial charge in [-0.3, -0.25) is 0 Å². The number of rotatable bonds is 6. The largest absolute Gasteiger partial charge is 0.497 e. The van der Waals surface area contributed by atoms with Crippen LogP contribution in [0, 0.1) is 0 Å². The lowest BCUT2D eigenvalue weighted by Crippen LogP contribution is -2.26. The van der Waals surface area contributed by atoms with Crippen molar-refractivity contribution in [2.45, 2.75) is 31.9 Å². The molecule has 0 spiro atoms. The van der Waals surface area contributed by atoms with E-state index in [2.05, 4.69) is 0 Å². The van der Waals surface area contributed by atoms with Gasteiger partial charge in [0, 0.05) is 6.07 Å². The lowest BCUT2D eigenvalue weighted by molar-refractivity contribution is 0.134. The van der Waals surface area contributed by atoms with Crippen molar-refractivity contribution in [3.05, 3.63) is 23.8 Å². The molecule has 0 amide bonds. The molecule has 1 aromatic rings. The van der Waals surface area contributed by atoms with E-state index in [0.717, 1.165) is 12.0 Å². The summed E-state index contributed by atoms with van der Waals surface area (Å²) in [4.78, 5) is 0. The van der Waals surface area contributed by atoms with E-state index in [1.165, 1.54) is 0 Å². The molecule has 3 N–H and O–H groups in total. The van der Waals surface area contributed by atoms with Crippen molar-refractivity contribution in [1.29, 1.82) is 0 Å². The van der Waals surface area contributed by atoms with Crippen molar-refractivity contribution in [3.8, 4) is 11.5 Å². The Hall–Kier alpha value is -0.970. The first-order valence-electron chi connectivity index (χ1n) is 5.79. The zero-order chi connectivity index (χ0) is 12.8. The van der Waals surface area contributed by atoms with E-state index in [9.17, 15) is 5.11 Å². The minimum absolute atomic E-state index is 0. The molecule has 0 saturated carbocycles. The molecule has 0 fully saturated rings. The van der Waals surface area contributed by atoms with Crippen LogP contribution in [0.2, 0.25) is 0 Å². The lowest BCUT2D eigenvalue weighted by Gasteiger charge is -2.19. The average molecular weight is 276 g/mol. The van der Waals surface area contributed by atoms with Gasteiger partial charge >= 0.3 is 0 Å². The number of methoxy groups -OCH3 is 2. The maximum atomic E-state index is 9.89. The van der Waals surface area contributed by atoms with Gasteiger partial charge in [0.2, 0.25) is 0 Å². The lowest BCUT2D eigenvalue weighted by atomic mass is 9.99. The molecule has 2 atom stereocenters. The first-order chi connectivity index (χ1) is 8.12. The van der Waals surface area contributed by atoms with Crippen LogP contribution in [0.15, 0.2) is 18.2 Å². The fourth-order valence-electron chi connectivity index (χ4n) is 1.72. The summed E-state index contributed by atoms with van der Waals surface area (Å²) >= 11 is 0. The zero-order valence-electron chi connectivity index (χ0n) is 11.1. The van der Waals surface area contributed by atoms with Gasteiger partial charge in [-0.15, -0.1) is 12.4 Å². The van der Waals surface area contributed by atoms with Crippen LogP contribution in [0.3, 0.4) is 0 Å². The molecule has 4 nitrogen and oxygen atoms in total. The van der Waals surface area contributed by atoms with Gasteiger partial charge in [-0.25, -0.2) is 0 Å². The Labute approximate surface area is 115 Å². The van der Waals surface area contributed by atoms with Crippen LogP contribution in [0.4, 0.5) is 0 Å². The number of nitrogens with two attached hydrogens (primary N) is 1. The summed E-state index contributed by atoms with van der Waals surface area (Å²) in [5.74, 6) is 1.36. The molecule has 0 saturated heterocycles. The average Bonchev–Trinajstić information content (AvgIpc) is 2.37. The molecule has 0 aliphatic rings. The fourth-order valence-corrected chi connectivity index (χ4v) is 1.72. The van der Waals surface area contributed by atoms with E-state index in [0.29, 0.717) is 17.9 Å². The molecule has 0 bridgehead atoms. The third-order valence-electron chi connectivity index (χ3n) is 2.76. The van der Waals surface area contributed by atoms with Crippen LogP contribution in [0.1, 0.15) is 31.4 Å². The Morgan fingerprint density at radius 2 is 1.67 bits per heavy atom. The van der Waals surface area contributed by atoms with Crippen molar-refractivity contribution in [2.75, 3.05) is 14.2 Å². The smallest absolute Gasteiger partial charge is 0.122 e. The van der Waals surface area contributed by atoms with E-state index >= 15 is 0 Å². The Bertz CT molecular complexity index is 338. The van der Waals surface area contributed by atoms with E-state index in [4.69, 9.17) is 15.2 Å². The molecule has 18 heavy (non-hydrogen) atoms. The second kappa shape index (κ2) is 8.19. The molecule has 1 aromatic carbocycles. The second-order valence-electron chi connectivity index (χ2n) is 4.03. The summed E-state index contributed by atoms with van der Waals surface area (Å²) in [5.41, 5.74) is 6.83.